The Morgan fingerprint density at radius 1 is 1.50 bits per heavy atom. The molecule has 1 N–H and O–H groups in total. The van der Waals surface area contributed by atoms with Gasteiger partial charge >= 0.3 is 5.97 Å². The van der Waals surface area contributed by atoms with Crippen molar-refractivity contribution in [3.63, 3.8) is 0 Å². The molecule has 0 unspecified atom stereocenters. The van der Waals surface area contributed by atoms with Gasteiger partial charge in [-0.2, -0.15) is 0 Å². The van der Waals surface area contributed by atoms with Crippen LogP contribution in [0.25, 0.3) is 0 Å². The summed E-state index contributed by atoms with van der Waals surface area (Å²) in [6.07, 6.45) is 0. The normalized spacial score (nSPS) is 11.1. The molecule has 0 aromatic heterocycles. The quantitative estimate of drug-likeness (QED) is 0.642. The van der Waals surface area contributed by atoms with Gasteiger partial charge in [-0.05, 0) is 32.4 Å². The van der Waals surface area contributed by atoms with E-state index in [1.54, 1.807) is 13.0 Å². The lowest BCUT2D eigenvalue weighted by atomic mass is 9.95. The SMILES string of the molecule is Cc1ccc([N+](=O)[O-])cc1OCC(C)(C)C(=O)O. The molecule has 6 heteroatoms. The maximum atomic E-state index is 10.9. The van der Waals surface area contributed by atoms with E-state index in [4.69, 9.17) is 9.84 Å². The second-order valence-electron chi connectivity index (χ2n) is 4.68. The molecule has 1 aromatic rings. The number of nitro groups is 1. The topological polar surface area (TPSA) is 89.7 Å². The molecule has 0 fully saturated rings. The Labute approximate surface area is 104 Å². The van der Waals surface area contributed by atoms with Crippen molar-refractivity contribution in [2.45, 2.75) is 20.8 Å². The lowest BCUT2D eigenvalue weighted by Crippen LogP contribution is -2.30. The maximum Gasteiger partial charge on any atom is 0.312 e. The molecule has 1 aromatic carbocycles. The van der Waals surface area contributed by atoms with Crippen LogP contribution < -0.4 is 4.74 Å². The predicted octanol–water partition coefficient (Wildman–Crippen LogP) is 2.39. The van der Waals surface area contributed by atoms with E-state index < -0.39 is 16.3 Å². The molecule has 0 aliphatic rings. The van der Waals surface area contributed by atoms with Crippen LogP contribution in [0.1, 0.15) is 19.4 Å². The van der Waals surface area contributed by atoms with Gasteiger partial charge in [0, 0.05) is 6.07 Å². The minimum Gasteiger partial charge on any atom is -0.492 e. The van der Waals surface area contributed by atoms with E-state index >= 15 is 0 Å². The highest BCUT2D eigenvalue weighted by Crippen LogP contribution is 2.26. The Kier molecular flexibility index (Phi) is 3.90. The lowest BCUT2D eigenvalue weighted by molar-refractivity contribution is -0.385. The number of aliphatic carboxylic acids is 1. The van der Waals surface area contributed by atoms with Gasteiger partial charge in [-0.1, -0.05) is 0 Å². The third kappa shape index (κ3) is 3.19. The Balaban J connectivity index is 2.88. The van der Waals surface area contributed by atoms with Crippen LogP contribution in [0.2, 0.25) is 0 Å². The summed E-state index contributed by atoms with van der Waals surface area (Å²) in [5.74, 6) is -0.649. The van der Waals surface area contributed by atoms with Crippen LogP contribution in [0.15, 0.2) is 18.2 Å². The maximum absolute atomic E-state index is 10.9. The van der Waals surface area contributed by atoms with Gasteiger partial charge in [-0.25, -0.2) is 0 Å². The summed E-state index contributed by atoms with van der Waals surface area (Å²) in [7, 11) is 0. The van der Waals surface area contributed by atoms with Gasteiger partial charge in [0.2, 0.25) is 0 Å². The summed E-state index contributed by atoms with van der Waals surface area (Å²) in [6, 6.07) is 4.25. The molecule has 0 bridgehead atoms. The number of ether oxygens (including phenoxy) is 1. The van der Waals surface area contributed by atoms with Gasteiger partial charge < -0.3 is 9.84 Å². The molecule has 18 heavy (non-hydrogen) atoms. The van der Waals surface area contributed by atoms with E-state index in [-0.39, 0.29) is 12.3 Å². The van der Waals surface area contributed by atoms with Crippen LogP contribution in [-0.2, 0) is 4.79 Å². The summed E-state index contributed by atoms with van der Waals surface area (Å²) >= 11 is 0. The molecule has 1 rings (SSSR count). The van der Waals surface area contributed by atoms with Crippen molar-refractivity contribution >= 4 is 11.7 Å². The second kappa shape index (κ2) is 5.03. The van der Waals surface area contributed by atoms with Gasteiger partial charge in [0.05, 0.1) is 16.4 Å². The van der Waals surface area contributed by atoms with E-state index in [1.165, 1.54) is 26.0 Å². The first-order valence-corrected chi connectivity index (χ1v) is 5.35. The molecule has 6 nitrogen and oxygen atoms in total. The Bertz CT molecular complexity index is 481. The zero-order valence-electron chi connectivity index (χ0n) is 10.5. The first-order chi connectivity index (χ1) is 8.24. The van der Waals surface area contributed by atoms with Crippen molar-refractivity contribution in [1.29, 1.82) is 0 Å². The Morgan fingerprint density at radius 3 is 2.61 bits per heavy atom. The Morgan fingerprint density at radius 2 is 2.11 bits per heavy atom. The van der Waals surface area contributed by atoms with Crippen molar-refractivity contribution < 1.29 is 19.6 Å². The molecule has 0 amide bonds. The van der Waals surface area contributed by atoms with E-state index in [9.17, 15) is 14.9 Å². The molecule has 0 atom stereocenters. The molecule has 0 radical (unpaired) electrons. The smallest absolute Gasteiger partial charge is 0.312 e. The van der Waals surface area contributed by atoms with Gasteiger partial charge in [0.25, 0.3) is 5.69 Å². The zero-order chi connectivity index (χ0) is 13.9. The van der Waals surface area contributed by atoms with Gasteiger partial charge in [0.15, 0.2) is 0 Å². The molecule has 0 heterocycles. The number of nitrogens with zero attached hydrogens (tertiary/aromatic N) is 1. The number of hydrogen-bond acceptors (Lipinski definition) is 4. The van der Waals surface area contributed by atoms with E-state index in [0.717, 1.165) is 5.56 Å². The number of hydrogen-bond donors (Lipinski definition) is 1. The van der Waals surface area contributed by atoms with Gasteiger partial charge in [0.1, 0.15) is 12.4 Å². The zero-order valence-corrected chi connectivity index (χ0v) is 10.5. The number of benzene rings is 1. The monoisotopic (exact) mass is 253 g/mol. The highest BCUT2D eigenvalue weighted by Gasteiger charge is 2.28. The summed E-state index contributed by atoms with van der Waals surface area (Å²) in [4.78, 5) is 21.0. The van der Waals surface area contributed by atoms with Crippen LogP contribution in [0.5, 0.6) is 5.75 Å². The van der Waals surface area contributed by atoms with Crippen LogP contribution in [-0.4, -0.2) is 22.6 Å². The number of carboxylic acids is 1. The van der Waals surface area contributed by atoms with E-state index in [1.807, 2.05) is 0 Å². The van der Waals surface area contributed by atoms with Crippen molar-refractivity contribution in [3.8, 4) is 5.75 Å². The number of non-ortho nitro benzene ring substituents is 1. The third-order valence-electron chi connectivity index (χ3n) is 2.55. The lowest BCUT2D eigenvalue weighted by Gasteiger charge is -2.20. The van der Waals surface area contributed by atoms with Crippen molar-refractivity contribution in [2.24, 2.45) is 5.41 Å². The van der Waals surface area contributed by atoms with E-state index in [2.05, 4.69) is 0 Å². The molecular weight excluding hydrogens is 238 g/mol. The van der Waals surface area contributed by atoms with Crippen LogP contribution in [0.3, 0.4) is 0 Å². The largest absolute Gasteiger partial charge is 0.492 e. The molecule has 0 aliphatic heterocycles. The van der Waals surface area contributed by atoms with E-state index in [0.29, 0.717) is 5.75 Å². The highest BCUT2D eigenvalue weighted by atomic mass is 16.6. The van der Waals surface area contributed by atoms with Crippen LogP contribution in [0, 0.1) is 22.5 Å². The van der Waals surface area contributed by atoms with Crippen molar-refractivity contribution in [1.82, 2.24) is 0 Å². The second-order valence-corrected chi connectivity index (χ2v) is 4.68. The van der Waals surface area contributed by atoms with Crippen LogP contribution >= 0.6 is 0 Å². The average molecular weight is 253 g/mol. The number of aryl methyl sites for hydroxylation is 1. The first-order valence-electron chi connectivity index (χ1n) is 5.35. The fraction of sp³-hybridized carbons (Fsp3) is 0.417. The summed E-state index contributed by atoms with van der Waals surface area (Å²) in [5, 5.41) is 19.6. The fourth-order valence-electron chi connectivity index (χ4n) is 1.18. The molecule has 0 saturated heterocycles. The molecule has 98 valence electrons. The van der Waals surface area contributed by atoms with Crippen molar-refractivity contribution in [3.05, 3.63) is 33.9 Å². The molecule has 0 spiro atoms. The number of carboxylic acid groups (broad SMARTS) is 1. The molecular formula is C12H15NO5. The molecule has 0 saturated carbocycles. The summed E-state index contributed by atoms with van der Waals surface area (Å²) in [6.45, 7) is 4.75. The predicted molar refractivity (Wildman–Crippen MR) is 64.7 cm³/mol. The summed E-state index contributed by atoms with van der Waals surface area (Å²) in [5.41, 5.74) is -0.401. The van der Waals surface area contributed by atoms with Crippen LogP contribution in [0.4, 0.5) is 5.69 Å². The number of carbonyl (C=O) groups is 1. The molecule has 0 aliphatic carbocycles. The number of rotatable bonds is 5. The minimum atomic E-state index is -1.04. The Hall–Kier alpha value is -2.11. The van der Waals surface area contributed by atoms with Crippen molar-refractivity contribution in [2.75, 3.05) is 6.61 Å². The first kappa shape index (κ1) is 14.0. The standard InChI is InChI=1S/C12H15NO5/c1-8-4-5-9(13(16)17)6-10(8)18-7-12(2,3)11(14)15/h4-6H,7H2,1-3H3,(H,14,15). The third-order valence-corrected chi connectivity index (χ3v) is 2.55. The van der Waals surface area contributed by atoms with Gasteiger partial charge in [-0.3, -0.25) is 14.9 Å². The average Bonchev–Trinajstić information content (AvgIpc) is 2.27. The van der Waals surface area contributed by atoms with Gasteiger partial charge in [-0.15, -0.1) is 0 Å². The number of nitro benzene ring substituents is 1. The minimum absolute atomic E-state index is 0.0512. The summed E-state index contributed by atoms with van der Waals surface area (Å²) < 4.78 is 5.37. The fourth-order valence-corrected chi connectivity index (χ4v) is 1.18. The highest BCUT2D eigenvalue weighted by molar-refractivity contribution is 5.73.